The van der Waals surface area contributed by atoms with E-state index >= 15 is 0 Å². The fourth-order valence-electron chi connectivity index (χ4n) is 2.70. The predicted molar refractivity (Wildman–Crippen MR) is 79.2 cm³/mol. The monoisotopic (exact) mass is 323 g/mol. The van der Waals surface area contributed by atoms with Crippen molar-refractivity contribution in [2.24, 2.45) is 0 Å². The molecular formula is C13H18BrN5. The molecule has 0 aromatic carbocycles. The molecular weight excluding hydrogens is 306 g/mol. The van der Waals surface area contributed by atoms with Crippen LogP contribution in [0.15, 0.2) is 11.1 Å². The van der Waals surface area contributed by atoms with Gasteiger partial charge in [0, 0.05) is 12.6 Å². The summed E-state index contributed by atoms with van der Waals surface area (Å²) in [4.78, 5) is 13.3. The van der Waals surface area contributed by atoms with E-state index in [4.69, 9.17) is 0 Å². The third-order valence-corrected chi connectivity index (χ3v) is 4.23. The zero-order chi connectivity index (χ0) is 13.2. The number of hydrogen-bond acceptors (Lipinski definition) is 4. The number of nitrogens with zero attached hydrogens (tertiary/aromatic N) is 4. The second-order valence-corrected chi connectivity index (χ2v) is 5.76. The van der Waals surface area contributed by atoms with Gasteiger partial charge >= 0.3 is 0 Å². The van der Waals surface area contributed by atoms with Crippen LogP contribution < -0.4 is 5.32 Å². The number of aromatic nitrogens is 4. The number of imidazole rings is 1. The minimum absolute atomic E-state index is 0.535. The highest BCUT2D eigenvalue weighted by molar-refractivity contribution is 9.10. The highest BCUT2D eigenvalue weighted by Gasteiger charge is 2.19. The van der Waals surface area contributed by atoms with Gasteiger partial charge in [-0.1, -0.05) is 19.8 Å². The molecule has 2 aromatic heterocycles. The van der Waals surface area contributed by atoms with Gasteiger partial charge in [-0.25, -0.2) is 15.0 Å². The fraction of sp³-hybridized carbons (Fsp3) is 0.615. The average molecular weight is 324 g/mol. The summed E-state index contributed by atoms with van der Waals surface area (Å²) in [5.74, 6) is 0.868. The summed E-state index contributed by atoms with van der Waals surface area (Å²) in [6.07, 6.45) is 7.74. The van der Waals surface area contributed by atoms with E-state index in [2.05, 4.69) is 47.7 Å². The summed E-state index contributed by atoms with van der Waals surface area (Å²) in [6, 6.07) is 0.535. The highest BCUT2D eigenvalue weighted by Crippen LogP contribution is 2.27. The Balaban J connectivity index is 1.98. The van der Waals surface area contributed by atoms with Crippen molar-refractivity contribution in [3.63, 3.8) is 0 Å². The van der Waals surface area contributed by atoms with Gasteiger partial charge in [0.25, 0.3) is 0 Å². The SMILES string of the molecule is CCCn1c(Br)nc2c(NC3CCCC3)ncnc21. The van der Waals surface area contributed by atoms with Crippen molar-refractivity contribution >= 4 is 32.9 Å². The normalized spacial score (nSPS) is 16.3. The Hall–Kier alpha value is -1.17. The average Bonchev–Trinajstić information content (AvgIpc) is 3.00. The van der Waals surface area contributed by atoms with Crippen molar-refractivity contribution in [2.75, 3.05) is 5.32 Å². The molecule has 6 heteroatoms. The Morgan fingerprint density at radius 3 is 2.89 bits per heavy atom. The molecule has 0 radical (unpaired) electrons. The van der Waals surface area contributed by atoms with Crippen LogP contribution in [0.5, 0.6) is 0 Å². The Bertz CT molecular complexity index is 574. The van der Waals surface area contributed by atoms with Gasteiger partial charge in [-0.3, -0.25) is 0 Å². The van der Waals surface area contributed by atoms with Crippen molar-refractivity contribution in [3.05, 3.63) is 11.1 Å². The van der Waals surface area contributed by atoms with Crippen molar-refractivity contribution in [2.45, 2.75) is 51.6 Å². The number of anilines is 1. The van der Waals surface area contributed by atoms with Gasteiger partial charge in [-0.05, 0) is 35.2 Å². The zero-order valence-corrected chi connectivity index (χ0v) is 12.7. The van der Waals surface area contributed by atoms with Gasteiger partial charge in [0.05, 0.1) is 0 Å². The first-order valence-corrected chi connectivity index (χ1v) is 7.72. The molecule has 0 bridgehead atoms. The minimum atomic E-state index is 0.535. The van der Waals surface area contributed by atoms with E-state index in [9.17, 15) is 0 Å². The molecule has 2 heterocycles. The number of hydrogen-bond donors (Lipinski definition) is 1. The van der Waals surface area contributed by atoms with E-state index < -0.39 is 0 Å². The molecule has 5 nitrogen and oxygen atoms in total. The second kappa shape index (κ2) is 5.45. The van der Waals surface area contributed by atoms with E-state index in [1.807, 2.05) is 0 Å². The van der Waals surface area contributed by atoms with Crippen LogP contribution >= 0.6 is 15.9 Å². The number of aryl methyl sites for hydroxylation is 1. The molecule has 2 aromatic rings. The second-order valence-electron chi connectivity index (χ2n) is 5.05. The van der Waals surface area contributed by atoms with Crippen molar-refractivity contribution in [3.8, 4) is 0 Å². The van der Waals surface area contributed by atoms with E-state index in [-0.39, 0.29) is 0 Å². The van der Waals surface area contributed by atoms with Crippen LogP contribution in [0, 0.1) is 0 Å². The van der Waals surface area contributed by atoms with Crippen LogP contribution in [0.4, 0.5) is 5.82 Å². The lowest BCUT2D eigenvalue weighted by atomic mass is 10.2. The Morgan fingerprint density at radius 1 is 1.37 bits per heavy atom. The molecule has 1 aliphatic carbocycles. The van der Waals surface area contributed by atoms with Gasteiger partial charge in [-0.15, -0.1) is 0 Å². The lowest BCUT2D eigenvalue weighted by Crippen LogP contribution is -2.16. The fourth-order valence-corrected chi connectivity index (χ4v) is 3.22. The molecule has 19 heavy (non-hydrogen) atoms. The first-order chi connectivity index (χ1) is 9.29. The first kappa shape index (κ1) is 12.8. The summed E-state index contributed by atoms with van der Waals surface area (Å²) in [5, 5.41) is 3.52. The van der Waals surface area contributed by atoms with Gasteiger partial charge in [-0.2, -0.15) is 0 Å². The van der Waals surface area contributed by atoms with E-state index in [1.165, 1.54) is 25.7 Å². The smallest absolute Gasteiger partial charge is 0.179 e. The summed E-state index contributed by atoms with van der Waals surface area (Å²) >= 11 is 3.51. The molecule has 3 rings (SSSR count). The van der Waals surface area contributed by atoms with Crippen molar-refractivity contribution in [1.82, 2.24) is 19.5 Å². The summed E-state index contributed by atoms with van der Waals surface area (Å²) < 4.78 is 2.93. The van der Waals surface area contributed by atoms with E-state index in [0.29, 0.717) is 6.04 Å². The van der Waals surface area contributed by atoms with Gasteiger partial charge in [0.2, 0.25) is 0 Å². The van der Waals surface area contributed by atoms with Crippen LogP contribution in [0.2, 0.25) is 0 Å². The summed E-state index contributed by atoms with van der Waals surface area (Å²) in [5.41, 5.74) is 1.78. The molecule has 1 aliphatic rings. The molecule has 1 N–H and O–H groups in total. The summed E-state index contributed by atoms with van der Waals surface area (Å²) in [7, 11) is 0. The van der Waals surface area contributed by atoms with Crippen LogP contribution in [0.3, 0.4) is 0 Å². The lowest BCUT2D eigenvalue weighted by Gasteiger charge is -2.12. The van der Waals surface area contributed by atoms with Gasteiger partial charge in [0.1, 0.15) is 6.33 Å². The topological polar surface area (TPSA) is 55.6 Å². The molecule has 0 saturated heterocycles. The van der Waals surface area contributed by atoms with Crippen LogP contribution in [-0.4, -0.2) is 25.6 Å². The van der Waals surface area contributed by atoms with Crippen LogP contribution in [0.25, 0.3) is 11.2 Å². The molecule has 0 atom stereocenters. The zero-order valence-electron chi connectivity index (χ0n) is 11.1. The molecule has 102 valence electrons. The molecule has 0 amide bonds. The Morgan fingerprint density at radius 2 is 2.16 bits per heavy atom. The Kier molecular flexibility index (Phi) is 3.68. The third-order valence-electron chi connectivity index (χ3n) is 3.63. The largest absolute Gasteiger partial charge is 0.365 e. The molecule has 0 aliphatic heterocycles. The quantitative estimate of drug-likeness (QED) is 0.876. The first-order valence-electron chi connectivity index (χ1n) is 6.93. The van der Waals surface area contributed by atoms with Gasteiger partial charge < -0.3 is 9.88 Å². The predicted octanol–water partition coefficient (Wildman–Crippen LogP) is 3.35. The number of rotatable bonds is 4. The molecule has 0 spiro atoms. The van der Waals surface area contributed by atoms with E-state index in [1.54, 1.807) is 6.33 Å². The van der Waals surface area contributed by atoms with Crippen LogP contribution in [0.1, 0.15) is 39.0 Å². The van der Waals surface area contributed by atoms with Crippen LogP contribution in [-0.2, 0) is 6.54 Å². The maximum absolute atomic E-state index is 4.57. The highest BCUT2D eigenvalue weighted by atomic mass is 79.9. The number of nitrogens with one attached hydrogen (secondary N) is 1. The van der Waals surface area contributed by atoms with Crippen molar-refractivity contribution in [1.29, 1.82) is 0 Å². The number of fused-ring (bicyclic) bond motifs is 1. The molecule has 1 saturated carbocycles. The lowest BCUT2D eigenvalue weighted by molar-refractivity contribution is 0.676. The van der Waals surface area contributed by atoms with Gasteiger partial charge in [0.15, 0.2) is 21.7 Å². The molecule has 1 fully saturated rings. The maximum atomic E-state index is 4.57. The third kappa shape index (κ3) is 2.45. The van der Waals surface area contributed by atoms with E-state index in [0.717, 1.165) is 34.7 Å². The molecule has 0 unspecified atom stereocenters. The Labute approximate surface area is 121 Å². The summed E-state index contributed by atoms with van der Waals surface area (Å²) in [6.45, 7) is 3.06. The maximum Gasteiger partial charge on any atom is 0.179 e. The number of halogens is 1. The van der Waals surface area contributed by atoms with Crippen molar-refractivity contribution < 1.29 is 0 Å². The minimum Gasteiger partial charge on any atom is -0.365 e. The standard InChI is InChI=1S/C13H18BrN5/c1-2-7-19-12-10(18-13(19)14)11(15-8-16-12)17-9-5-3-4-6-9/h8-9H,2-7H2,1H3,(H,15,16,17).